The van der Waals surface area contributed by atoms with Gasteiger partial charge in [0.1, 0.15) is 5.82 Å². The normalized spacial score (nSPS) is 25.9. The first kappa shape index (κ1) is 10.1. The summed E-state index contributed by atoms with van der Waals surface area (Å²) in [6.45, 7) is 0. The Morgan fingerprint density at radius 2 is 2.14 bits per heavy atom. The van der Waals surface area contributed by atoms with Crippen molar-refractivity contribution in [1.82, 2.24) is 0 Å². The molecule has 0 saturated heterocycles. The number of hydrogen-bond donors (Lipinski definition) is 0. The largest absolute Gasteiger partial charge is 0.381 e. The van der Waals surface area contributed by atoms with Crippen LogP contribution in [0.15, 0.2) is 22.7 Å². The van der Waals surface area contributed by atoms with Crippen molar-refractivity contribution >= 4 is 15.9 Å². The van der Waals surface area contributed by atoms with Gasteiger partial charge in [-0.25, -0.2) is 4.39 Å². The Balaban J connectivity index is 2.14. The molecule has 0 amide bonds. The van der Waals surface area contributed by atoms with E-state index in [0.717, 1.165) is 18.4 Å². The molecular formula is C11H12BrFO. The van der Waals surface area contributed by atoms with E-state index in [9.17, 15) is 4.39 Å². The lowest BCUT2D eigenvalue weighted by Gasteiger charge is -2.34. The molecule has 0 unspecified atom stereocenters. The lowest BCUT2D eigenvalue weighted by atomic mass is 9.77. The summed E-state index contributed by atoms with van der Waals surface area (Å²) in [5.41, 5.74) is 0.813. The standard InChI is InChI=1S/C11H12BrFO/c1-14-8-5-7(6-8)9-3-2-4-10(12)11(9)13/h2-4,7-8H,5-6H2,1H3. The molecule has 1 aromatic carbocycles. The third kappa shape index (κ3) is 1.71. The van der Waals surface area contributed by atoms with Crippen LogP contribution in [0.4, 0.5) is 4.39 Å². The van der Waals surface area contributed by atoms with Crippen LogP contribution in [0.3, 0.4) is 0 Å². The summed E-state index contributed by atoms with van der Waals surface area (Å²) in [7, 11) is 1.71. The number of benzene rings is 1. The lowest BCUT2D eigenvalue weighted by Crippen LogP contribution is -2.29. The third-order valence-corrected chi connectivity index (χ3v) is 3.46. The number of methoxy groups -OCH3 is 1. The maximum absolute atomic E-state index is 13.6. The summed E-state index contributed by atoms with van der Waals surface area (Å²) in [5, 5.41) is 0. The molecule has 0 atom stereocenters. The average Bonchev–Trinajstić information content (AvgIpc) is 2.10. The Labute approximate surface area is 91.4 Å². The zero-order valence-electron chi connectivity index (χ0n) is 7.97. The minimum Gasteiger partial charge on any atom is -0.381 e. The van der Waals surface area contributed by atoms with Gasteiger partial charge >= 0.3 is 0 Å². The molecule has 0 aliphatic heterocycles. The first-order chi connectivity index (χ1) is 6.72. The first-order valence-electron chi connectivity index (χ1n) is 4.69. The molecular weight excluding hydrogens is 247 g/mol. The highest BCUT2D eigenvalue weighted by Crippen LogP contribution is 2.40. The van der Waals surface area contributed by atoms with Crippen LogP contribution in [0.1, 0.15) is 24.3 Å². The number of ether oxygens (including phenoxy) is 1. The van der Waals surface area contributed by atoms with Gasteiger partial charge in [-0.3, -0.25) is 0 Å². The first-order valence-corrected chi connectivity index (χ1v) is 5.48. The molecule has 1 aliphatic rings. The van der Waals surface area contributed by atoms with Crippen LogP contribution >= 0.6 is 15.9 Å². The van der Waals surface area contributed by atoms with E-state index >= 15 is 0 Å². The van der Waals surface area contributed by atoms with Crippen molar-refractivity contribution in [3.8, 4) is 0 Å². The highest BCUT2D eigenvalue weighted by atomic mass is 79.9. The molecule has 0 aromatic heterocycles. The zero-order valence-corrected chi connectivity index (χ0v) is 9.55. The summed E-state index contributed by atoms with van der Waals surface area (Å²) >= 11 is 3.19. The summed E-state index contributed by atoms with van der Waals surface area (Å²) < 4.78 is 19.3. The summed E-state index contributed by atoms with van der Waals surface area (Å²) in [5.74, 6) is 0.213. The predicted molar refractivity (Wildman–Crippen MR) is 56.9 cm³/mol. The maximum Gasteiger partial charge on any atom is 0.140 e. The van der Waals surface area contributed by atoms with Crippen molar-refractivity contribution in [1.29, 1.82) is 0 Å². The second-order valence-electron chi connectivity index (χ2n) is 3.67. The molecule has 0 bridgehead atoms. The molecule has 1 aromatic rings. The Hall–Kier alpha value is -0.410. The van der Waals surface area contributed by atoms with E-state index in [4.69, 9.17) is 4.74 Å². The molecule has 3 heteroatoms. The molecule has 76 valence electrons. The van der Waals surface area contributed by atoms with Crippen LogP contribution in [-0.2, 0) is 4.74 Å². The fourth-order valence-electron chi connectivity index (χ4n) is 1.85. The van der Waals surface area contributed by atoms with E-state index in [2.05, 4.69) is 15.9 Å². The van der Waals surface area contributed by atoms with Crippen LogP contribution in [-0.4, -0.2) is 13.2 Å². The minimum atomic E-state index is -0.118. The van der Waals surface area contributed by atoms with Crippen molar-refractivity contribution in [2.75, 3.05) is 7.11 Å². The molecule has 0 heterocycles. The van der Waals surface area contributed by atoms with Crippen molar-refractivity contribution in [2.45, 2.75) is 24.9 Å². The van der Waals surface area contributed by atoms with Gasteiger partial charge < -0.3 is 4.74 Å². The molecule has 2 rings (SSSR count). The maximum atomic E-state index is 13.6. The Morgan fingerprint density at radius 1 is 1.43 bits per heavy atom. The van der Waals surface area contributed by atoms with Crippen molar-refractivity contribution in [3.05, 3.63) is 34.1 Å². The van der Waals surface area contributed by atoms with Gasteiger partial charge in [0.15, 0.2) is 0 Å². The van der Waals surface area contributed by atoms with Crippen molar-refractivity contribution < 1.29 is 9.13 Å². The molecule has 1 aliphatic carbocycles. The quantitative estimate of drug-likeness (QED) is 0.790. The molecule has 1 saturated carbocycles. The van der Waals surface area contributed by atoms with Gasteiger partial charge in [-0.15, -0.1) is 0 Å². The lowest BCUT2D eigenvalue weighted by molar-refractivity contribution is 0.0249. The van der Waals surface area contributed by atoms with E-state index in [0.29, 0.717) is 16.5 Å². The van der Waals surface area contributed by atoms with Gasteiger partial charge in [-0.05, 0) is 46.3 Å². The van der Waals surface area contributed by atoms with Gasteiger partial charge in [-0.2, -0.15) is 0 Å². The van der Waals surface area contributed by atoms with Gasteiger partial charge in [0.05, 0.1) is 10.6 Å². The van der Waals surface area contributed by atoms with Crippen LogP contribution in [0, 0.1) is 5.82 Å². The molecule has 0 spiro atoms. The Kier molecular flexibility index (Phi) is 2.88. The molecule has 14 heavy (non-hydrogen) atoms. The van der Waals surface area contributed by atoms with E-state index in [-0.39, 0.29) is 5.82 Å². The van der Waals surface area contributed by atoms with Crippen LogP contribution in [0.25, 0.3) is 0 Å². The SMILES string of the molecule is COC1CC(c2cccc(Br)c2F)C1. The van der Waals surface area contributed by atoms with E-state index in [1.165, 1.54) is 0 Å². The number of halogens is 2. The van der Waals surface area contributed by atoms with E-state index < -0.39 is 0 Å². The van der Waals surface area contributed by atoms with Crippen LogP contribution in [0.2, 0.25) is 0 Å². The average molecular weight is 259 g/mol. The predicted octanol–water partition coefficient (Wildman–Crippen LogP) is 3.48. The smallest absolute Gasteiger partial charge is 0.140 e. The number of rotatable bonds is 2. The second-order valence-corrected chi connectivity index (χ2v) is 4.52. The number of hydrogen-bond acceptors (Lipinski definition) is 1. The Bertz CT molecular complexity index is 334. The molecule has 1 fully saturated rings. The van der Waals surface area contributed by atoms with E-state index in [1.807, 2.05) is 12.1 Å². The van der Waals surface area contributed by atoms with Gasteiger partial charge in [0, 0.05) is 7.11 Å². The summed E-state index contributed by atoms with van der Waals surface area (Å²) in [6.07, 6.45) is 2.19. The zero-order chi connectivity index (χ0) is 10.1. The van der Waals surface area contributed by atoms with Gasteiger partial charge in [0.2, 0.25) is 0 Å². The summed E-state index contributed by atoms with van der Waals surface area (Å²) in [6, 6.07) is 5.46. The molecule has 1 nitrogen and oxygen atoms in total. The van der Waals surface area contributed by atoms with Crippen LogP contribution in [0.5, 0.6) is 0 Å². The fraction of sp³-hybridized carbons (Fsp3) is 0.455. The van der Waals surface area contributed by atoms with Crippen molar-refractivity contribution in [3.63, 3.8) is 0 Å². The fourth-order valence-corrected chi connectivity index (χ4v) is 2.23. The minimum absolute atomic E-state index is 0.118. The third-order valence-electron chi connectivity index (χ3n) is 2.85. The van der Waals surface area contributed by atoms with Gasteiger partial charge in [-0.1, -0.05) is 12.1 Å². The molecule has 0 radical (unpaired) electrons. The highest BCUT2D eigenvalue weighted by Gasteiger charge is 2.32. The van der Waals surface area contributed by atoms with Crippen molar-refractivity contribution in [2.24, 2.45) is 0 Å². The van der Waals surface area contributed by atoms with Crippen LogP contribution < -0.4 is 0 Å². The van der Waals surface area contributed by atoms with E-state index in [1.54, 1.807) is 13.2 Å². The summed E-state index contributed by atoms with van der Waals surface area (Å²) in [4.78, 5) is 0. The molecule has 0 N–H and O–H groups in total. The monoisotopic (exact) mass is 258 g/mol. The highest BCUT2D eigenvalue weighted by molar-refractivity contribution is 9.10. The second kappa shape index (κ2) is 3.99. The Morgan fingerprint density at radius 3 is 2.79 bits per heavy atom. The van der Waals surface area contributed by atoms with Gasteiger partial charge in [0.25, 0.3) is 0 Å². The topological polar surface area (TPSA) is 9.23 Å².